The number of thiazole rings is 1. The lowest BCUT2D eigenvalue weighted by Gasteiger charge is -2.27. The van der Waals surface area contributed by atoms with Gasteiger partial charge in [0.05, 0.1) is 17.3 Å². The molecule has 1 aromatic rings. The van der Waals surface area contributed by atoms with Gasteiger partial charge in [-0.1, -0.05) is 13.8 Å². The van der Waals surface area contributed by atoms with E-state index < -0.39 is 0 Å². The molecule has 0 spiro atoms. The zero-order valence-corrected chi connectivity index (χ0v) is 12.4. The maximum atomic E-state index is 9.46. The largest absolute Gasteiger partial charge is 0.396 e. The molecule has 3 nitrogen and oxygen atoms in total. The lowest BCUT2D eigenvalue weighted by atomic mass is 9.94. The van der Waals surface area contributed by atoms with Crippen LogP contribution in [0.25, 0.3) is 0 Å². The normalized spacial score (nSPS) is 20.5. The van der Waals surface area contributed by atoms with Crippen LogP contribution in [-0.4, -0.2) is 41.7 Å². The van der Waals surface area contributed by atoms with E-state index in [0.29, 0.717) is 11.8 Å². The van der Waals surface area contributed by atoms with Gasteiger partial charge in [0.25, 0.3) is 0 Å². The zero-order valence-electron chi connectivity index (χ0n) is 11.6. The summed E-state index contributed by atoms with van der Waals surface area (Å²) >= 11 is 1.78. The van der Waals surface area contributed by atoms with Crippen LogP contribution in [0.2, 0.25) is 0 Å². The smallest absolute Gasteiger partial charge is 0.0960 e. The number of nitrogens with zero attached hydrogens (tertiary/aromatic N) is 2. The highest BCUT2D eigenvalue weighted by molar-refractivity contribution is 7.09. The van der Waals surface area contributed by atoms with E-state index in [0.717, 1.165) is 5.69 Å². The average Bonchev–Trinajstić information content (AvgIpc) is 2.80. The Kier molecular flexibility index (Phi) is 4.76. The van der Waals surface area contributed by atoms with Gasteiger partial charge in [0.15, 0.2) is 0 Å². The number of hydrogen-bond acceptors (Lipinski definition) is 4. The lowest BCUT2D eigenvalue weighted by Crippen LogP contribution is -2.29. The highest BCUT2D eigenvalue weighted by Gasteiger charge is 2.23. The van der Waals surface area contributed by atoms with Crippen molar-refractivity contribution in [2.45, 2.75) is 38.5 Å². The minimum absolute atomic E-state index is 0.196. The maximum absolute atomic E-state index is 9.46. The van der Waals surface area contributed by atoms with Gasteiger partial charge in [-0.3, -0.25) is 0 Å². The maximum Gasteiger partial charge on any atom is 0.0960 e. The van der Waals surface area contributed by atoms with E-state index in [1.807, 2.05) is 0 Å². The van der Waals surface area contributed by atoms with Crippen LogP contribution in [0.15, 0.2) is 5.38 Å². The van der Waals surface area contributed by atoms with Crippen LogP contribution in [0.4, 0.5) is 0 Å². The van der Waals surface area contributed by atoms with E-state index in [9.17, 15) is 5.11 Å². The van der Waals surface area contributed by atoms with E-state index >= 15 is 0 Å². The van der Waals surface area contributed by atoms with Gasteiger partial charge >= 0.3 is 0 Å². The Morgan fingerprint density at radius 2 is 2.11 bits per heavy atom. The van der Waals surface area contributed by atoms with Gasteiger partial charge in [-0.2, -0.15) is 0 Å². The summed E-state index contributed by atoms with van der Waals surface area (Å²) in [6, 6.07) is 0. The summed E-state index contributed by atoms with van der Waals surface area (Å²) in [5.41, 5.74) is 1.09. The van der Waals surface area contributed by atoms with Crippen LogP contribution in [0, 0.1) is 5.92 Å². The topological polar surface area (TPSA) is 36.4 Å². The van der Waals surface area contributed by atoms with Crippen LogP contribution in [0.3, 0.4) is 0 Å². The molecule has 0 aromatic carbocycles. The first-order valence-electron chi connectivity index (χ1n) is 6.86. The van der Waals surface area contributed by atoms with E-state index in [2.05, 4.69) is 31.2 Å². The number of likely N-dealkylation sites (tertiary alicyclic amines) is 1. The Bertz CT molecular complexity index is 370. The Morgan fingerprint density at radius 3 is 2.67 bits per heavy atom. The molecule has 102 valence electrons. The summed E-state index contributed by atoms with van der Waals surface area (Å²) in [6.45, 7) is 6.85. The average molecular weight is 268 g/mol. The standard InChI is InChI=1S/C14H24N2OS/c1-10(2)12(8-17)13-9-18-14(15-13)11-4-6-16(3)7-5-11/h9-12,17H,4-8H2,1-3H3. The van der Waals surface area contributed by atoms with Crippen molar-refractivity contribution in [2.24, 2.45) is 5.92 Å². The van der Waals surface area contributed by atoms with E-state index in [4.69, 9.17) is 4.98 Å². The van der Waals surface area contributed by atoms with Crippen molar-refractivity contribution < 1.29 is 5.11 Å². The lowest BCUT2D eigenvalue weighted by molar-refractivity contribution is 0.234. The van der Waals surface area contributed by atoms with Crippen molar-refractivity contribution in [1.29, 1.82) is 0 Å². The third-order valence-electron chi connectivity index (χ3n) is 3.99. The predicted molar refractivity (Wildman–Crippen MR) is 76.3 cm³/mol. The molecule has 1 saturated heterocycles. The first-order chi connectivity index (χ1) is 8.61. The molecule has 0 saturated carbocycles. The summed E-state index contributed by atoms with van der Waals surface area (Å²) < 4.78 is 0. The van der Waals surface area contributed by atoms with E-state index in [1.165, 1.54) is 30.9 Å². The van der Waals surface area contributed by atoms with Crippen molar-refractivity contribution in [1.82, 2.24) is 9.88 Å². The van der Waals surface area contributed by atoms with Crippen LogP contribution in [0.5, 0.6) is 0 Å². The molecule has 2 rings (SSSR count). The third-order valence-corrected chi connectivity index (χ3v) is 5.01. The second-order valence-corrected chi connectivity index (χ2v) is 6.61. The monoisotopic (exact) mass is 268 g/mol. The predicted octanol–water partition coefficient (Wildman–Crippen LogP) is 2.68. The van der Waals surface area contributed by atoms with Crippen molar-refractivity contribution in [3.63, 3.8) is 0 Å². The summed E-state index contributed by atoms with van der Waals surface area (Å²) in [4.78, 5) is 7.18. The Labute approximate surface area is 114 Å². The molecular formula is C14H24N2OS. The van der Waals surface area contributed by atoms with Gasteiger partial charge in [-0.05, 0) is 38.9 Å². The molecule has 4 heteroatoms. The first kappa shape index (κ1) is 14.0. The molecule has 0 bridgehead atoms. The summed E-state index contributed by atoms with van der Waals surface area (Å²) in [7, 11) is 2.18. The van der Waals surface area contributed by atoms with Crippen LogP contribution >= 0.6 is 11.3 Å². The second kappa shape index (κ2) is 6.13. The minimum atomic E-state index is 0.196. The number of aliphatic hydroxyl groups excluding tert-OH is 1. The molecule has 2 heterocycles. The Hall–Kier alpha value is -0.450. The van der Waals surface area contributed by atoms with Crippen molar-refractivity contribution >= 4 is 11.3 Å². The fraction of sp³-hybridized carbons (Fsp3) is 0.786. The van der Waals surface area contributed by atoms with Gasteiger partial charge in [0, 0.05) is 17.2 Å². The molecule has 1 fully saturated rings. The van der Waals surface area contributed by atoms with Crippen LogP contribution in [-0.2, 0) is 0 Å². The Balaban J connectivity index is 2.05. The molecule has 0 amide bonds. The van der Waals surface area contributed by atoms with Gasteiger partial charge in [-0.25, -0.2) is 4.98 Å². The zero-order chi connectivity index (χ0) is 13.1. The highest BCUT2D eigenvalue weighted by atomic mass is 32.1. The molecule has 1 aromatic heterocycles. The number of hydrogen-bond donors (Lipinski definition) is 1. The van der Waals surface area contributed by atoms with Gasteiger partial charge in [0.1, 0.15) is 0 Å². The highest BCUT2D eigenvalue weighted by Crippen LogP contribution is 2.33. The van der Waals surface area contributed by atoms with Gasteiger partial charge < -0.3 is 10.0 Å². The van der Waals surface area contributed by atoms with Crippen LogP contribution < -0.4 is 0 Å². The molecule has 1 aliphatic rings. The SMILES string of the molecule is CC(C)C(CO)c1csc(C2CCN(C)CC2)n1. The first-order valence-corrected chi connectivity index (χ1v) is 7.74. The quantitative estimate of drug-likeness (QED) is 0.912. The molecule has 1 atom stereocenters. The summed E-state index contributed by atoms with van der Waals surface area (Å²) in [5.74, 6) is 1.27. The molecule has 1 unspecified atom stereocenters. The molecule has 0 radical (unpaired) electrons. The fourth-order valence-corrected chi connectivity index (χ4v) is 3.62. The molecular weight excluding hydrogens is 244 g/mol. The van der Waals surface area contributed by atoms with Crippen LogP contribution in [0.1, 0.15) is 49.2 Å². The number of aliphatic hydroxyl groups is 1. The third kappa shape index (κ3) is 3.11. The minimum Gasteiger partial charge on any atom is -0.396 e. The van der Waals surface area contributed by atoms with Crippen molar-refractivity contribution in [2.75, 3.05) is 26.7 Å². The molecule has 1 aliphatic heterocycles. The number of rotatable bonds is 4. The second-order valence-electron chi connectivity index (χ2n) is 5.72. The van der Waals surface area contributed by atoms with E-state index in [1.54, 1.807) is 11.3 Å². The number of aromatic nitrogens is 1. The molecule has 1 N–H and O–H groups in total. The van der Waals surface area contributed by atoms with Gasteiger partial charge in [0.2, 0.25) is 0 Å². The van der Waals surface area contributed by atoms with E-state index in [-0.39, 0.29) is 12.5 Å². The van der Waals surface area contributed by atoms with Gasteiger partial charge in [-0.15, -0.1) is 11.3 Å². The molecule has 0 aliphatic carbocycles. The summed E-state index contributed by atoms with van der Waals surface area (Å²) in [5, 5.41) is 12.9. The molecule has 18 heavy (non-hydrogen) atoms. The summed E-state index contributed by atoms with van der Waals surface area (Å²) in [6.07, 6.45) is 2.43. The Morgan fingerprint density at radius 1 is 1.44 bits per heavy atom. The number of piperidine rings is 1. The fourth-order valence-electron chi connectivity index (χ4n) is 2.56. The van der Waals surface area contributed by atoms with Crippen molar-refractivity contribution in [3.8, 4) is 0 Å². The van der Waals surface area contributed by atoms with Crippen molar-refractivity contribution in [3.05, 3.63) is 16.1 Å².